The molecular formula is C11H20N2O2S. The highest BCUT2D eigenvalue weighted by atomic mass is 32.2. The summed E-state index contributed by atoms with van der Waals surface area (Å²) in [4.78, 5) is 14.1. The van der Waals surface area contributed by atoms with E-state index in [1.807, 2.05) is 23.7 Å². The number of ether oxygens (including phenoxy) is 1. The third-order valence-electron chi connectivity index (χ3n) is 3.52. The lowest BCUT2D eigenvalue weighted by molar-refractivity contribution is -0.133. The average Bonchev–Trinajstić information content (AvgIpc) is 2.97. The molecule has 92 valence electrons. The molecule has 3 unspecified atom stereocenters. The van der Waals surface area contributed by atoms with Crippen molar-refractivity contribution in [3.05, 3.63) is 0 Å². The lowest BCUT2D eigenvalue weighted by Crippen LogP contribution is -2.46. The fraction of sp³-hybridized carbons (Fsp3) is 0.909. The van der Waals surface area contributed by atoms with Crippen molar-refractivity contribution < 1.29 is 9.53 Å². The summed E-state index contributed by atoms with van der Waals surface area (Å²) in [6, 6.07) is 0.390. The molecule has 16 heavy (non-hydrogen) atoms. The zero-order chi connectivity index (χ0) is 11.5. The molecule has 3 atom stereocenters. The fourth-order valence-corrected chi connectivity index (χ4v) is 3.59. The Kier molecular flexibility index (Phi) is 4.10. The van der Waals surface area contributed by atoms with E-state index in [0.29, 0.717) is 6.04 Å². The summed E-state index contributed by atoms with van der Waals surface area (Å²) in [6.07, 6.45) is 2.13. The molecule has 1 N–H and O–H groups in total. The van der Waals surface area contributed by atoms with Gasteiger partial charge in [-0.15, -0.1) is 0 Å². The van der Waals surface area contributed by atoms with E-state index in [0.717, 1.165) is 25.1 Å². The van der Waals surface area contributed by atoms with Gasteiger partial charge in [-0.1, -0.05) is 0 Å². The second kappa shape index (κ2) is 5.38. The summed E-state index contributed by atoms with van der Waals surface area (Å²) in [5.41, 5.74) is 0. The number of rotatable bonds is 3. The first-order valence-electron chi connectivity index (χ1n) is 5.83. The van der Waals surface area contributed by atoms with E-state index in [-0.39, 0.29) is 18.1 Å². The largest absolute Gasteiger partial charge is 0.380 e. The zero-order valence-electron chi connectivity index (χ0n) is 9.94. The molecule has 2 fully saturated rings. The minimum atomic E-state index is -0.0412. The van der Waals surface area contributed by atoms with Crippen LogP contribution < -0.4 is 5.32 Å². The zero-order valence-corrected chi connectivity index (χ0v) is 10.8. The molecule has 2 aliphatic rings. The number of nitrogens with one attached hydrogen (secondary N) is 1. The van der Waals surface area contributed by atoms with Crippen LogP contribution in [0.3, 0.4) is 0 Å². The quantitative estimate of drug-likeness (QED) is 0.777. The number of likely N-dealkylation sites (N-methyl/N-ethyl adjacent to an activating group) is 1. The van der Waals surface area contributed by atoms with Gasteiger partial charge in [0.2, 0.25) is 5.91 Å². The molecule has 0 aromatic carbocycles. The molecule has 0 spiro atoms. The van der Waals surface area contributed by atoms with E-state index in [4.69, 9.17) is 4.74 Å². The van der Waals surface area contributed by atoms with Gasteiger partial charge in [0.25, 0.3) is 0 Å². The number of amides is 1. The minimum Gasteiger partial charge on any atom is -0.380 e. The second-order valence-electron chi connectivity index (χ2n) is 4.52. The Morgan fingerprint density at radius 2 is 2.38 bits per heavy atom. The van der Waals surface area contributed by atoms with Crippen molar-refractivity contribution in [2.75, 3.05) is 32.2 Å². The Balaban J connectivity index is 1.87. The van der Waals surface area contributed by atoms with Crippen LogP contribution in [0.1, 0.15) is 12.8 Å². The summed E-state index contributed by atoms with van der Waals surface area (Å²) in [5, 5.41) is 3.24. The normalized spacial score (nSPS) is 34.2. The summed E-state index contributed by atoms with van der Waals surface area (Å²) >= 11 is 1.94. The lowest BCUT2D eigenvalue weighted by atomic mass is 10.1. The van der Waals surface area contributed by atoms with Crippen molar-refractivity contribution in [3.8, 4) is 0 Å². The van der Waals surface area contributed by atoms with Crippen LogP contribution in [0.15, 0.2) is 0 Å². The standard InChI is InChI=1S/C11H20N2O2S/c1-13(8-3-4-16-7-8)11(14)10-5-9(15-2)6-12-10/h8-10,12H,3-7H2,1-2H3. The van der Waals surface area contributed by atoms with Gasteiger partial charge < -0.3 is 15.0 Å². The van der Waals surface area contributed by atoms with Crippen LogP contribution in [0, 0.1) is 0 Å². The monoisotopic (exact) mass is 244 g/mol. The van der Waals surface area contributed by atoms with Gasteiger partial charge >= 0.3 is 0 Å². The van der Waals surface area contributed by atoms with Crippen LogP contribution in [0.5, 0.6) is 0 Å². The molecule has 0 aliphatic carbocycles. The molecule has 4 nitrogen and oxygen atoms in total. The highest BCUT2D eigenvalue weighted by Crippen LogP contribution is 2.23. The van der Waals surface area contributed by atoms with Crippen molar-refractivity contribution >= 4 is 17.7 Å². The lowest BCUT2D eigenvalue weighted by Gasteiger charge is -2.26. The van der Waals surface area contributed by atoms with Gasteiger partial charge in [0, 0.05) is 32.5 Å². The van der Waals surface area contributed by atoms with Gasteiger partial charge in [0.1, 0.15) is 0 Å². The van der Waals surface area contributed by atoms with Crippen LogP contribution >= 0.6 is 11.8 Å². The van der Waals surface area contributed by atoms with Gasteiger partial charge in [0.15, 0.2) is 0 Å². The van der Waals surface area contributed by atoms with Gasteiger partial charge in [0.05, 0.1) is 12.1 Å². The van der Waals surface area contributed by atoms with E-state index in [1.165, 1.54) is 5.75 Å². The summed E-state index contributed by atoms with van der Waals surface area (Å²) < 4.78 is 5.26. The van der Waals surface area contributed by atoms with Crippen LogP contribution in [-0.4, -0.2) is 61.2 Å². The maximum absolute atomic E-state index is 12.2. The number of hydrogen-bond acceptors (Lipinski definition) is 4. The number of hydrogen-bond donors (Lipinski definition) is 1. The van der Waals surface area contributed by atoms with Crippen LogP contribution in [0.25, 0.3) is 0 Å². The van der Waals surface area contributed by atoms with E-state index in [1.54, 1.807) is 7.11 Å². The number of thioether (sulfide) groups is 1. The summed E-state index contributed by atoms with van der Waals surface area (Å²) in [6.45, 7) is 0.792. The van der Waals surface area contributed by atoms with Crippen molar-refractivity contribution in [1.82, 2.24) is 10.2 Å². The molecule has 0 bridgehead atoms. The molecule has 0 aromatic heterocycles. The topological polar surface area (TPSA) is 41.6 Å². The SMILES string of the molecule is COC1CNC(C(=O)N(C)C2CCSC2)C1. The van der Waals surface area contributed by atoms with E-state index >= 15 is 0 Å². The maximum atomic E-state index is 12.2. The summed E-state index contributed by atoms with van der Waals surface area (Å²) in [7, 11) is 3.64. The number of carbonyl (C=O) groups is 1. The average molecular weight is 244 g/mol. The molecule has 1 amide bonds. The Morgan fingerprint density at radius 1 is 1.56 bits per heavy atom. The number of methoxy groups -OCH3 is 1. The Hall–Kier alpha value is -0.260. The highest BCUT2D eigenvalue weighted by Gasteiger charge is 2.34. The molecule has 2 saturated heterocycles. The van der Waals surface area contributed by atoms with E-state index < -0.39 is 0 Å². The van der Waals surface area contributed by atoms with Crippen molar-refractivity contribution in [2.45, 2.75) is 31.0 Å². The third-order valence-corrected chi connectivity index (χ3v) is 4.67. The second-order valence-corrected chi connectivity index (χ2v) is 5.67. The van der Waals surface area contributed by atoms with Crippen LogP contribution in [0.2, 0.25) is 0 Å². The molecular weight excluding hydrogens is 224 g/mol. The van der Waals surface area contributed by atoms with E-state index in [2.05, 4.69) is 5.32 Å². The first-order valence-corrected chi connectivity index (χ1v) is 6.98. The molecule has 5 heteroatoms. The molecule has 0 aromatic rings. The molecule has 2 aliphatic heterocycles. The minimum absolute atomic E-state index is 0.0412. The summed E-state index contributed by atoms with van der Waals surface area (Å²) in [5.74, 6) is 2.50. The third kappa shape index (κ3) is 2.52. The van der Waals surface area contributed by atoms with Gasteiger partial charge in [-0.2, -0.15) is 11.8 Å². The highest BCUT2D eigenvalue weighted by molar-refractivity contribution is 7.99. The smallest absolute Gasteiger partial charge is 0.239 e. The van der Waals surface area contributed by atoms with Crippen molar-refractivity contribution in [2.24, 2.45) is 0 Å². The van der Waals surface area contributed by atoms with E-state index in [9.17, 15) is 4.79 Å². The predicted molar refractivity (Wildman–Crippen MR) is 65.7 cm³/mol. The van der Waals surface area contributed by atoms with Gasteiger partial charge in [-0.3, -0.25) is 4.79 Å². The Bertz CT molecular complexity index is 256. The fourth-order valence-electron chi connectivity index (χ4n) is 2.32. The number of carbonyl (C=O) groups excluding carboxylic acids is 1. The van der Waals surface area contributed by atoms with Crippen LogP contribution in [0.4, 0.5) is 0 Å². The van der Waals surface area contributed by atoms with Gasteiger partial charge in [-0.25, -0.2) is 0 Å². The first-order chi connectivity index (χ1) is 7.72. The molecule has 2 heterocycles. The van der Waals surface area contributed by atoms with Gasteiger partial charge in [-0.05, 0) is 18.6 Å². The first kappa shape index (κ1) is 12.2. The van der Waals surface area contributed by atoms with Crippen molar-refractivity contribution in [1.29, 1.82) is 0 Å². The predicted octanol–water partition coefficient (Wildman–Crippen LogP) is 0.327. The number of nitrogens with zero attached hydrogens (tertiary/aromatic N) is 1. The van der Waals surface area contributed by atoms with Crippen molar-refractivity contribution in [3.63, 3.8) is 0 Å². The van der Waals surface area contributed by atoms with Crippen LogP contribution in [-0.2, 0) is 9.53 Å². The molecule has 0 radical (unpaired) electrons. The molecule has 0 saturated carbocycles. The Labute approximate surface area is 101 Å². The molecule has 2 rings (SSSR count). The Morgan fingerprint density at radius 3 is 2.94 bits per heavy atom. The maximum Gasteiger partial charge on any atom is 0.239 e.